The van der Waals surface area contributed by atoms with E-state index in [0.29, 0.717) is 11.1 Å². The molecule has 0 bridgehead atoms. The first kappa shape index (κ1) is 12.6. The second-order valence-corrected chi connectivity index (χ2v) is 5.96. The Kier molecular flexibility index (Phi) is 2.52. The first-order valence-electron chi connectivity index (χ1n) is 6.73. The van der Waals surface area contributed by atoms with Gasteiger partial charge in [-0.15, -0.1) is 0 Å². The summed E-state index contributed by atoms with van der Waals surface area (Å²) in [5.41, 5.74) is 0.520. The molecule has 1 heterocycles. The third kappa shape index (κ3) is 1.43. The number of ketones is 1. The molecule has 3 aliphatic rings. The van der Waals surface area contributed by atoms with Gasteiger partial charge in [0.1, 0.15) is 6.10 Å². The maximum Gasteiger partial charge on any atom is 0.309 e. The topological polar surface area (TPSA) is 63.6 Å². The first-order chi connectivity index (χ1) is 8.87. The minimum atomic E-state index is -1.41. The summed E-state index contributed by atoms with van der Waals surface area (Å²) in [6, 6.07) is 0. The van der Waals surface area contributed by atoms with Gasteiger partial charge in [0, 0.05) is 11.5 Å². The number of rotatable bonds is 0. The summed E-state index contributed by atoms with van der Waals surface area (Å²) in [4.78, 5) is 23.9. The monoisotopic (exact) mass is 262 g/mol. The number of esters is 1. The molecular formula is C15H18O4. The quantitative estimate of drug-likeness (QED) is 0.672. The second-order valence-electron chi connectivity index (χ2n) is 5.96. The van der Waals surface area contributed by atoms with Crippen LogP contribution in [0, 0.1) is 11.8 Å². The molecule has 4 nitrogen and oxygen atoms in total. The molecule has 2 aliphatic carbocycles. The smallest absolute Gasteiger partial charge is 0.309 e. The molecule has 3 rings (SSSR count). The third-order valence-electron chi connectivity index (χ3n) is 4.91. The van der Waals surface area contributed by atoms with Crippen molar-refractivity contribution in [3.63, 3.8) is 0 Å². The summed E-state index contributed by atoms with van der Waals surface area (Å²) < 4.78 is 5.43. The van der Waals surface area contributed by atoms with Crippen molar-refractivity contribution in [1.29, 1.82) is 0 Å². The molecule has 0 aromatic heterocycles. The average molecular weight is 262 g/mol. The highest BCUT2D eigenvalue weighted by molar-refractivity contribution is 6.11. The molecule has 1 fully saturated rings. The number of aliphatic hydroxyl groups is 1. The molecule has 102 valence electrons. The summed E-state index contributed by atoms with van der Waals surface area (Å²) >= 11 is 0. The highest BCUT2D eigenvalue weighted by Crippen LogP contribution is 2.50. The van der Waals surface area contributed by atoms with Crippen molar-refractivity contribution < 1.29 is 19.4 Å². The van der Waals surface area contributed by atoms with Gasteiger partial charge in [-0.2, -0.15) is 0 Å². The number of fused-ring (bicyclic) bond motifs is 3. The zero-order valence-electron chi connectivity index (χ0n) is 11.4. The van der Waals surface area contributed by atoms with Crippen molar-refractivity contribution >= 4 is 11.8 Å². The molecular weight excluding hydrogens is 244 g/mol. The molecule has 0 saturated carbocycles. The number of allylic oxidation sites excluding steroid dienone is 2. The average Bonchev–Trinajstić information content (AvgIpc) is 2.70. The molecule has 0 aromatic rings. The maximum atomic E-state index is 12.1. The van der Waals surface area contributed by atoms with Crippen LogP contribution in [0.3, 0.4) is 0 Å². The highest BCUT2D eigenvalue weighted by atomic mass is 16.6. The van der Waals surface area contributed by atoms with Crippen LogP contribution in [0.2, 0.25) is 0 Å². The van der Waals surface area contributed by atoms with Crippen LogP contribution in [0.1, 0.15) is 33.6 Å². The molecule has 0 unspecified atom stereocenters. The van der Waals surface area contributed by atoms with Crippen molar-refractivity contribution in [2.45, 2.75) is 45.3 Å². The van der Waals surface area contributed by atoms with Crippen LogP contribution in [0.4, 0.5) is 0 Å². The van der Waals surface area contributed by atoms with E-state index in [4.69, 9.17) is 4.74 Å². The summed E-state index contributed by atoms with van der Waals surface area (Å²) in [6.07, 6.45) is 2.35. The second kappa shape index (κ2) is 3.79. The Bertz CT molecular complexity index is 542. The standard InChI is InChI=1S/C15H18O4/c1-7-4-5-10-9(3)14(17)19-13(10)15(18)8(2)6-11(16)12(7)15/h6,9-10,13,18H,4-5H2,1-3H3/t9-,10-,13-,15+/m0/s1. The molecule has 0 amide bonds. The van der Waals surface area contributed by atoms with Gasteiger partial charge in [0.15, 0.2) is 11.4 Å². The Labute approximate surface area is 112 Å². The van der Waals surface area contributed by atoms with Gasteiger partial charge in [0.05, 0.1) is 5.92 Å². The van der Waals surface area contributed by atoms with Crippen LogP contribution in [0.25, 0.3) is 0 Å². The fraction of sp³-hybridized carbons (Fsp3) is 0.600. The fourth-order valence-electron chi connectivity index (χ4n) is 3.73. The van der Waals surface area contributed by atoms with Crippen LogP contribution in [-0.2, 0) is 14.3 Å². The van der Waals surface area contributed by atoms with Gasteiger partial charge in [-0.05, 0) is 38.3 Å². The first-order valence-corrected chi connectivity index (χ1v) is 6.73. The van der Waals surface area contributed by atoms with Crippen molar-refractivity contribution in [1.82, 2.24) is 0 Å². The van der Waals surface area contributed by atoms with Gasteiger partial charge in [-0.25, -0.2) is 0 Å². The van der Waals surface area contributed by atoms with Crippen LogP contribution >= 0.6 is 0 Å². The Morgan fingerprint density at radius 3 is 2.74 bits per heavy atom. The molecule has 1 aliphatic heterocycles. The Morgan fingerprint density at radius 1 is 1.37 bits per heavy atom. The van der Waals surface area contributed by atoms with Crippen molar-refractivity contribution in [2.24, 2.45) is 11.8 Å². The Morgan fingerprint density at radius 2 is 2.05 bits per heavy atom. The van der Waals surface area contributed by atoms with Gasteiger partial charge < -0.3 is 9.84 Å². The Hall–Kier alpha value is -1.42. The Balaban J connectivity index is 2.17. The van der Waals surface area contributed by atoms with Crippen LogP contribution in [0.5, 0.6) is 0 Å². The summed E-state index contributed by atoms with van der Waals surface area (Å²) in [7, 11) is 0. The minimum Gasteiger partial charge on any atom is -0.458 e. The fourth-order valence-corrected chi connectivity index (χ4v) is 3.73. The van der Waals surface area contributed by atoms with Gasteiger partial charge in [-0.1, -0.05) is 12.5 Å². The number of ether oxygens (including phenoxy) is 1. The molecule has 19 heavy (non-hydrogen) atoms. The lowest BCUT2D eigenvalue weighted by Gasteiger charge is -2.33. The zero-order chi connectivity index (χ0) is 13.9. The summed E-state index contributed by atoms with van der Waals surface area (Å²) in [5, 5.41) is 11.1. The van der Waals surface area contributed by atoms with Crippen molar-refractivity contribution in [3.8, 4) is 0 Å². The number of hydrogen-bond donors (Lipinski definition) is 1. The van der Waals surface area contributed by atoms with Gasteiger partial charge >= 0.3 is 5.97 Å². The maximum absolute atomic E-state index is 12.1. The largest absolute Gasteiger partial charge is 0.458 e. The predicted molar refractivity (Wildman–Crippen MR) is 68.2 cm³/mol. The predicted octanol–water partition coefficient (Wildman–Crippen LogP) is 1.53. The lowest BCUT2D eigenvalue weighted by molar-refractivity contribution is -0.150. The van der Waals surface area contributed by atoms with Gasteiger partial charge in [-0.3, -0.25) is 9.59 Å². The molecule has 1 N–H and O–H groups in total. The van der Waals surface area contributed by atoms with Crippen LogP contribution in [0.15, 0.2) is 22.8 Å². The molecule has 0 aromatic carbocycles. The lowest BCUT2D eigenvalue weighted by atomic mass is 9.77. The van der Waals surface area contributed by atoms with E-state index in [-0.39, 0.29) is 23.6 Å². The van der Waals surface area contributed by atoms with Crippen LogP contribution < -0.4 is 0 Å². The van der Waals surface area contributed by atoms with Crippen molar-refractivity contribution in [3.05, 3.63) is 22.8 Å². The van der Waals surface area contributed by atoms with E-state index >= 15 is 0 Å². The van der Waals surface area contributed by atoms with Crippen molar-refractivity contribution in [2.75, 3.05) is 0 Å². The molecule has 0 radical (unpaired) electrons. The number of carbonyl (C=O) groups is 2. The normalized spacial score (nSPS) is 41.7. The molecule has 1 saturated heterocycles. The van der Waals surface area contributed by atoms with E-state index in [0.717, 1.165) is 18.4 Å². The SMILES string of the molecule is CC1=CC(=O)C2=C(C)CC[C@H]3[C@H](C)C(=O)O[C@@H]3[C@@]12O. The zero-order valence-corrected chi connectivity index (χ0v) is 11.4. The number of hydrogen-bond acceptors (Lipinski definition) is 4. The summed E-state index contributed by atoms with van der Waals surface area (Å²) in [6.45, 7) is 5.46. The van der Waals surface area contributed by atoms with E-state index in [9.17, 15) is 14.7 Å². The van der Waals surface area contributed by atoms with Gasteiger partial charge in [0.2, 0.25) is 0 Å². The third-order valence-corrected chi connectivity index (χ3v) is 4.91. The van der Waals surface area contributed by atoms with E-state index in [1.54, 1.807) is 6.92 Å². The van der Waals surface area contributed by atoms with E-state index in [1.807, 2.05) is 13.8 Å². The van der Waals surface area contributed by atoms with E-state index < -0.39 is 11.7 Å². The highest BCUT2D eigenvalue weighted by Gasteiger charge is 2.59. The van der Waals surface area contributed by atoms with E-state index in [2.05, 4.69) is 0 Å². The van der Waals surface area contributed by atoms with E-state index in [1.165, 1.54) is 6.08 Å². The molecule has 0 spiro atoms. The minimum absolute atomic E-state index is 0.0285. The van der Waals surface area contributed by atoms with Gasteiger partial charge in [0.25, 0.3) is 0 Å². The number of carbonyl (C=O) groups excluding carboxylic acids is 2. The molecule has 4 atom stereocenters. The van der Waals surface area contributed by atoms with Crippen LogP contribution in [-0.4, -0.2) is 28.6 Å². The lowest BCUT2D eigenvalue weighted by Crippen LogP contribution is -2.47. The molecule has 4 heteroatoms. The summed E-state index contributed by atoms with van der Waals surface area (Å²) in [5.74, 6) is -0.660.